The first kappa shape index (κ1) is 26.4. The second-order valence-corrected chi connectivity index (χ2v) is 17.0. The lowest BCUT2D eigenvalue weighted by Gasteiger charge is -2.58. The first-order valence-electron chi connectivity index (χ1n) is 15.7. The average molecular weight is 549 g/mol. The van der Waals surface area contributed by atoms with Gasteiger partial charge in [-0.1, -0.05) is 116 Å². The Balaban J connectivity index is 1.28. The quantitative estimate of drug-likeness (QED) is 0.228. The molecular weight excluding hydrogens is 504 g/mol. The summed E-state index contributed by atoms with van der Waals surface area (Å²) in [5, 5.41) is 14.4. The Kier molecular flexibility index (Phi) is 6.69. The van der Waals surface area contributed by atoms with Gasteiger partial charge >= 0.3 is 0 Å². The molecule has 40 heavy (non-hydrogen) atoms. The molecule has 208 valence electrons. The molecule has 0 radical (unpaired) electrons. The molecule has 0 spiro atoms. The molecule has 2 nitrogen and oxygen atoms in total. The van der Waals surface area contributed by atoms with Crippen LogP contribution in [0.15, 0.2) is 103 Å². The van der Waals surface area contributed by atoms with E-state index in [1.54, 1.807) is 5.57 Å². The summed E-state index contributed by atoms with van der Waals surface area (Å²) in [7, 11) is -2.75. The molecule has 3 fully saturated rings. The van der Waals surface area contributed by atoms with Gasteiger partial charge in [-0.25, -0.2) is 0 Å². The Morgan fingerprint density at radius 3 is 1.85 bits per heavy atom. The highest BCUT2D eigenvalue weighted by molar-refractivity contribution is 7.07. The van der Waals surface area contributed by atoms with Crippen LogP contribution < -0.4 is 15.6 Å². The molecule has 7 rings (SSSR count). The highest BCUT2D eigenvalue weighted by Crippen LogP contribution is 2.65. The van der Waals surface area contributed by atoms with Crippen molar-refractivity contribution >= 4 is 23.9 Å². The molecule has 1 N–H and O–H groups in total. The predicted octanol–water partition coefficient (Wildman–Crippen LogP) is 6.36. The van der Waals surface area contributed by atoms with Crippen LogP contribution in [0.3, 0.4) is 0 Å². The monoisotopic (exact) mass is 548 g/mol. The number of rotatable bonds is 5. The van der Waals surface area contributed by atoms with Gasteiger partial charge in [-0.3, -0.25) is 0 Å². The van der Waals surface area contributed by atoms with E-state index in [-0.39, 0.29) is 23.0 Å². The molecule has 0 unspecified atom stereocenters. The highest BCUT2D eigenvalue weighted by atomic mass is 28.4. The van der Waals surface area contributed by atoms with Crippen LogP contribution >= 0.6 is 0 Å². The zero-order chi connectivity index (χ0) is 27.4. The molecule has 3 aromatic rings. The van der Waals surface area contributed by atoms with Gasteiger partial charge in [0.2, 0.25) is 0 Å². The van der Waals surface area contributed by atoms with E-state index in [1.165, 1.54) is 41.2 Å². The fourth-order valence-corrected chi connectivity index (χ4v) is 13.9. The van der Waals surface area contributed by atoms with Gasteiger partial charge in [-0.2, -0.15) is 0 Å². The van der Waals surface area contributed by atoms with E-state index >= 15 is 0 Å². The Bertz CT molecular complexity index is 1260. The fraction of sp³-hybridized carbons (Fsp3) is 0.459. The van der Waals surface area contributed by atoms with E-state index in [4.69, 9.17) is 4.43 Å². The van der Waals surface area contributed by atoms with Crippen molar-refractivity contribution in [3.63, 3.8) is 0 Å². The van der Waals surface area contributed by atoms with Crippen LogP contribution in [0, 0.1) is 28.6 Å². The SMILES string of the molecule is C[C@]12CC[C@H]3[C@@H](CC=C4C[C@@H](O)CC[C@@]43C)[C@@H]1CC[C@H]2O[Si](c1ccccc1)(c1ccccc1)c1ccccc1. The summed E-state index contributed by atoms with van der Waals surface area (Å²) < 4.78 is 7.85. The molecule has 3 saturated carbocycles. The Labute approximate surface area is 241 Å². The van der Waals surface area contributed by atoms with E-state index < -0.39 is 8.32 Å². The summed E-state index contributed by atoms with van der Waals surface area (Å²) in [5.74, 6) is 2.18. The molecule has 4 aliphatic rings. The smallest absolute Gasteiger partial charge is 0.288 e. The van der Waals surface area contributed by atoms with Crippen LogP contribution in [0.2, 0.25) is 0 Å². The van der Waals surface area contributed by atoms with Crippen molar-refractivity contribution in [3.8, 4) is 0 Å². The van der Waals surface area contributed by atoms with Crippen LogP contribution in [-0.2, 0) is 4.43 Å². The third-order valence-corrected chi connectivity index (χ3v) is 15.9. The third-order valence-electron chi connectivity index (χ3n) is 11.9. The van der Waals surface area contributed by atoms with Gasteiger partial charge in [0.15, 0.2) is 0 Å². The van der Waals surface area contributed by atoms with Crippen molar-refractivity contribution in [1.29, 1.82) is 0 Å². The molecule has 0 aliphatic heterocycles. The minimum absolute atomic E-state index is 0.138. The molecule has 4 aliphatic carbocycles. The number of fused-ring (bicyclic) bond motifs is 5. The molecule has 0 bridgehead atoms. The topological polar surface area (TPSA) is 29.5 Å². The molecule has 3 heteroatoms. The van der Waals surface area contributed by atoms with Crippen LogP contribution in [0.1, 0.15) is 65.2 Å². The van der Waals surface area contributed by atoms with E-state index in [2.05, 4.69) is 111 Å². The summed E-state index contributed by atoms with van der Waals surface area (Å²) in [5.41, 5.74) is 2.03. The zero-order valence-corrected chi connectivity index (χ0v) is 25.1. The van der Waals surface area contributed by atoms with Crippen molar-refractivity contribution in [2.75, 3.05) is 0 Å². The van der Waals surface area contributed by atoms with Gasteiger partial charge in [0.25, 0.3) is 8.32 Å². The van der Waals surface area contributed by atoms with Crippen molar-refractivity contribution in [3.05, 3.63) is 103 Å². The minimum atomic E-state index is -2.75. The van der Waals surface area contributed by atoms with Crippen molar-refractivity contribution in [1.82, 2.24) is 0 Å². The molecule has 0 heterocycles. The summed E-state index contributed by atoms with van der Waals surface area (Å²) in [6.07, 6.45) is 11.8. The van der Waals surface area contributed by atoms with E-state index in [9.17, 15) is 5.11 Å². The number of allylic oxidation sites excluding steroid dienone is 1. The third kappa shape index (κ3) is 4.03. The van der Waals surface area contributed by atoms with Crippen molar-refractivity contribution in [2.24, 2.45) is 28.6 Å². The molecule has 7 atom stereocenters. The second kappa shape index (κ2) is 10.1. The molecular formula is C37H44O2Si. The number of hydrogen-bond donors (Lipinski definition) is 1. The van der Waals surface area contributed by atoms with Crippen LogP contribution in [0.5, 0.6) is 0 Å². The van der Waals surface area contributed by atoms with Crippen LogP contribution in [0.4, 0.5) is 0 Å². The normalized spacial score (nSPS) is 35.3. The standard InChI is InChI=1S/C37H44O2Si/c1-36-24-22-28(38)26-27(36)18-19-32-33-20-21-35(37(33,2)25-23-34(32)36)39-40(29-12-6-3-7-13-29,30-14-8-4-9-15-30)31-16-10-5-11-17-31/h3-18,28,32-35,38H,19-26H2,1-2H3/t28-,32-,33-,34-,35+,36-,37-/m0/s1. The number of benzene rings is 3. The summed E-state index contributed by atoms with van der Waals surface area (Å²) in [4.78, 5) is 0. The van der Waals surface area contributed by atoms with Gasteiger partial charge in [-0.15, -0.1) is 0 Å². The molecule has 0 amide bonds. The maximum Gasteiger partial charge on any atom is 0.288 e. The van der Waals surface area contributed by atoms with E-state index in [1.807, 2.05) is 0 Å². The first-order valence-corrected chi connectivity index (χ1v) is 17.6. The average Bonchev–Trinajstić information content (AvgIpc) is 3.33. The lowest BCUT2D eigenvalue weighted by atomic mass is 9.48. The van der Waals surface area contributed by atoms with E-state index in [0.29, 0.717) is 5.92 Å². The lowest BCUT2D eigenvalue weighted by molar-refractivity contribution is -0.0659. The Hall–Kier alpha value is -2.46. The molecule has 3 aromatic carbocycles. The predicted molar refractivity (Wildman–Crippen MR) is 167 cm³/mol. The summed E-state index contributed by atoms with van der Waals surface area (Å²) in [6, 6.07) is 33.3. The largest absolute Gasteiger partial charge is 0.401 e. The zero-order valence-electron chi connectivity index (χ0n) is 24.1. The van der Waals surface area contributed by atoms with Gasteiger partial charge < -0.3 is 9.53 Å². The maximum absolute atomic E-state index is 10.4. The number of aliphatic hydroxyl groups is 1. The minimum Gasteiger partial charge on any atom is -0.401 e. The highest BCUT2D eigenvalue weighted by Gasteiger charge is 2.60. The summed E-state index contributed by atoms with van der Waals surface area (Å²) in [6.45, 7) is 5.11. The number of aliphatic hydroxyl groups excluding tert-OH is 1. The van der Waals surface area contributed by atoms with Crippen molar-refractivity contribution < 1.29 is 9.53 Å². The van der Waals surface area contributed by atoms with Crippen LogP contribution in [-0.4, -0.2) is 25.6 Å². The molecule has 0 saturated heterocycles. The molecule has 0 aromatic heterocycles. The van der Waals surface area contributed by atoms with Gasteiger partial charge in [0.1, 0.15) is 0 Å². The van der Waals surface area contributed by atoms with Gasteiger partial charge in [-0.05, 0) is 95.5 Å². The maximum atomic E-state index is 10.4. The Morgan fingerprint density at radius 1 is 0.700 bits per heavy atom. The fourth-order valence-electron chi connectivity index (χ4n) is 9.72. The van der Waals surface area contributed by atoms with E-state index in [0.717, 1.165) is 37.5 Å². The van der Waals surface area contributed by atoms with Crippen molar-refractivity contribution in [2.45, 2.75) is 77.4 Å². The Morgan fingerprint density at radius 2 is 1.27 bits per heavy atom. The van der Waals surface area contributed by atoms with Gasteiger partial charge in [0.05, 0.1) is 12.2 Å². The second-order valence-electron chi connectivity index (χ2n) is 13.7. The van der Waals surface area contributed by atoms with Gasteiger partial charge in [0, 0.05) is 0 Å². The lowest BCUT2D eigenvalue weighted by Crippen LogP contribution is -2.71. The summed E-state index contributed by atoms with van der Waals surface area (Å²) >= 11 is 0. The first-order chi connectivity index (χ1) is 19.4. The van der Waals surface area contributed by atoms with Crippen LogP contribution in [0.25, 0.3) is 0 Å². The number of hydrogen-bond acceptors (Lipinski definition) is 2.